The number of ketones is 1. The molecule has 1 nitrogen and oxygen atoms in total. The minimum atomic E-state index is -4.29. The Hall–Kier alpha value is -0.970. The molecule has 1 heterocycles. The highest BCUT2D eigenvalue weighted by molar-refractivity contribution is 8.01. The molecule has 0 spiro atoms. The Labute approximate surface area is 108 Å². The topological polar surface area (TPSA) is 17.1 Å². The first-order chi connectivity index (χ1) is 8.36. The third-order valence-electron chi connectivity index (χ3n) is 3.02. The number of Topliss-reactive ketones (excluding diaryl/α,β-unsaturated/α-hetero) is 1. The molecule has 0 aromatic heterocycles. The predicted octanol–water partition coefficient (Wildman–Crippen LogP) is 3.71. The van der Waals surface area contributed by atoms with Crippen molar-refractivity contribution in [3.05, 3.63) is 35.4 Å². The Bertz CT molecular complexity index is 439. The van der Waals surface area contributed by atoms with Gasteiger partial charge in [0.15, 0.2) is 0 Å². The average Bonchev–Trinajstić information content (AvgIpc) is 2.57. The normalized spacial score (nSPS) is 24.6. The van der Waals surface area contributed by atoms with Crippen molar-refractivity contribution in [1.82, 2.24) is 0 Å². The van der Waals surface area contributed by atoms with Gasteiger partial charge in [0.1, 0.15) is 5.78 Å². The molecule has 1 aliphatic rings. The van der Waals surface area contributed by atoms with Gasteiger partial charge in [0.2, 0.25) is 0 Å². The summed E-state index contributed by atoms with van der Waals surface area (Å²) in [6.07, 6.45) is -3.11. The Morgan fingerprint density at radius 1 is 1.28 bits per heavy atom. The molecular formula is C13H13F3OS. The summed E-state index contributed by atoms with van der Waals surface area (Å²) in [6.45, 7) is 1.87. The lowest BCUT2D eigenvalue weighted by Gasteiger charge is -2.10. The highest BCUT2D eigenvalue weighted by atomic mass is 32.2. The van der Waals surface area contributed by atoms with Gasteiger partial charge < -0.3 is 0 Å². The summed E-state index contributed by atoms with van der Waals surface area (Å²) in [5, 5.41) is 0.216. The molecule has 0 N–H and O–H groups in total. The number of hydrogen-bond donors (Lipinski definition) is 0. The van der Waals surface area contributed by atoms with Crippen LogP contribution in [0.1, 0.15) is 24.5 Å². The van der Waals surface area contributed by atoms with Crippen LogP contribution in [0.15, 0.2) is 24.3 Å². The summed E-state index contributed by atoms with van der Waals surface area (Å²) in [4.78, 5) is 11.4. The van der Waals surface area contributed by atoms with E-state index in [9.17, 15) is 18.0 Å². The van der Waals surface area contributed by atoms with Gasteiger partial charge in [0.05, 0.1) is 10.8 Å². The first-order valence-electron chi connectivity index (χ1n) is 5.70. The van der Waals surface area contributed by atoms with Crippen molar-refractivity contribution < 1.29 is 18.0 Å². The van der Waals surface area contributed by atoms with Crippen molar-refractivity contribution in [3.8, 4) is 0 Å². The Kier molecular flexibility index (Phi) is 3.71. The summed E-state index contributed by atoms with van der Waals surface area (Å²) in [6, 6.07) is 5.19. The van der Waals surface area contributed by atoms with E-state index >= 15 is 0 Å². The van der Waals surface area contributed by atoms with E-state index in [0.29, 0.717) is 12.8 Å². The van der Waals surface area contributed by atoms with Gasteiger partial charge in [0, 0.05) is 11.7 Å². The molecule has 1 saturated heterocycles. The van der Waals surface area contributed by atoms with Crippen LogP contribution in [0, 0.1) is 0 Å². The van der Waals surface area contributed by atoms with Gasteiger partial charge in [-0.05, 0) is 31.0 Å². The van der Waals surface area contributed by atoms with Crippen molar-refractivity contribution in [2.45, 2.75) is 36.4 Å². The molecule has 1 aliphatic heterocycles. The zero-order chi connectivity index (χ0) is 13.3. The monoisotopic (exact) mass is 274 g/mol. The van der Waals surface area contributed by atoms with Crippen molar-refractivity contribution >= 4 is 17.5 Å². The highest BCUT2D eigenvalue weighted by Gasteiger charge is 2.31. The van der Waals surface area contributed by atoms with Gasteiger partial charge in [-0.25, -0.2) is 0 Å². The number of carbonyl (C=O) groups is 1. The first-order valence-corrected chi connectivity index (χ1v) is 6.65. The van der Waals surface area contributed by atoms with Crippen LogP contribution >= 0.6 is 11.8 Å². The molecule has 0 radical (unpaired) electrons. The van der Waals surface area contributed by atoms with Crippen LogP contribution in [0.2, 0.25) is 0 Å². The van der Waals surface area contributed by atoms with Gasteiger partial charge in [-0.15, -0.1) is 11.8 Å². The van der Waals surface area contributed by atoms with E-state index in [2.05, 4.69) is 0 Å². The maximum atomic E-state index is 12.4. The Balaban J connectivity index is 2.01. The second kappa shape index (κ2) is 4.96. The third-order valence-corrected chi connectivity index (χ3v) is 4.41. The zero-order valence-electron chi connectivity index (χ0n) is 9.83. The second-order valence-electron chi connectivity index (χ2n) is 4.47. The molecule has 1 aromatic rings. The standard InChI is InChI=1S/C13H13F3OS/c1-8-12(17)7-11(18-8)6-9-2-4-10(5-3-9)13(14,15)16/h2-5,8,11H,6-7H2,1H3. The molecule has 0 amide bonds. The molecule has 2 unspecified atom stereocenters. The molecule has 98 valence electrons. The van der Waals surface area contributed by atoms with Crippen molar-refractivity contribution in [2.75, 3.05) is 0 Å². The number of hydrogen-bond acceptors (Lipinski definition) is 2. The zero-order valence-corrected chi connectivity index (χ0v) is 10.6. The smallest absolute Gasteiger partial charge is 0.298 e. The molecular weight excluding hydrogens is 261 g/mol. The molecule has 1 aromatic carbocycles. The SMILES string of the molecule is CC1SC(Cc2ccc(C(F)(F)F)cc2)CC1=O. The summed E-state index contributed by atoms with van der Waals surface area (Å²) >= 11 is 1.61. The average molecular weight is 274 g/mol. The summed E-state index contributed by atoms with van der Waals surface area (Å²) in [5.41, 5.74) is 0.220. The largest absolute Gasteiger partial charge is 0.416 e. The van der Waals surface area contributed by atoms with E-state index in [1.165, 1.54) is 12.1 Å². The maximum absolute atomic E-state index is 12.4. The number of halogens is 3. The molecule has 0 bridgehead atoms. The van der Waals surface area contributed by atoms with Crippen LogP contribution in [-0.2, 0) is 17.4 Å². The maximum Gasteiger partial charge on any atom is 0.416 e. The van der Waals surface area contributed by atoms with Gasteiger partial charge >= 0.3 is 6.18 Å². The van der Waals surface area contributed by atoms with Crippen molar-refractivity contribution in [2.24, 2.45) is 0 Å². The van der Waals surface area contributed by atoms with E-state index in [0.717, 1.165) is 17.7 Å². The van der Waals surface area contributed by atoms with E-state index in [-0.39, 0.29) is 16.3 Å². The van der Waals surface area contributed by atoms with Gasteiger partial charge in [-0.1, -0.05) is 12.1 Å². The third kappa shape index (κ3) is 3.07. The van der Waals surface area contributed by atoms with Gasteiger partial charge in [-0.2, -0.15) is 13.2 Å². The minimum absolute atomic E-state index is 0.0180. The van der Waals surface area contributed by atoms with E-state index in [1.54, 1.807) is 11.8 Å². The number of thioether (sulfide) groups is 1. The number of rotatable bonds is 2. The van der Waals surface area contributed by atoms with E-state index in [4.69, 9.17) is 0 Å². The molecule has 5 heteroatoms. The fraction of sp³-hybridized carbons (Fsp3) is 0.462. The summed E-state index contributed by atoms with van der Waals surface area (Å²) in [7, 11) is 0. The summed E-state index contributed by atoms with van der Waals surface area (Å²) < 4.78 is 37.1. The lowest BCUT2D eigenvalue weighted by molar-refractivity contribution is -0.137. The Morgan fingerprint density at radius 2 is 1.89 bits per heavy atom. The minimum Gasteiger partial charge on any atom is -0.298 e. The second-order valence-corrected chi connectivity index (χ2v) is 6.12. The van der Waals surface area contributed by atoms with Crippen LogP contribution < -0.4 is 0 Å². The molecule has 1 fully saturated rings. The number of benzene rings is 1. The van der Waals surface area contributed by atoms with Crippen LogP contribution in [0.25, 0.3) is 0 Å². The summed E-state index contributed by atoms with van der Waals surface area (Å²) in [5.74, 6) is 0.233. The predicted molar refractivity (Wildman–Crippen MR) is 65.6 cm³/mol. The quantitative estimate of drug-likeness (QED) is 0.817. The van der Waals surface area contributed by atoms with E-state index < -0.39 is 11.7 Å². The fourth-order valence-electron chi connectivity index (χ4n) is 2.02. The highest BCUT2D eigenvalue weighted by Crippen LogP contribution is 2.34. The lowest BCUT2D eigenvalue weighted by Crippen LogP contribution is -2.07. The van der Waals surface area contributed by atoms with Crippen LogP contribution in [0.4, 0.5) is 13.2 Å². The number of carbonyl (C=O) groups excluding carboxylic acids is 1. The van der Waals surface area contributed by atoms with Crippen molar-refractivity contribution in [1.29, 1.82) is 0 Å². The molecule has 0 aliphatic carbocycles. The van der Waals surface area contributed by atoms with Crippen LogP contribution in [0.3, 0.4) is 0 Å². The first kappa shape index (κ1) is 13.5. The molecule has 2 rings (SSSR count). The molecule has 2 atom stereocenters. The van der Waals surface area contributed by atoms with Crippen LogP contribution in [0.5, 0.6) is 0 Å². The van der Waals surface area contributed by atoms with Gasteiger partial charge in [-0.3, -0.25) is 4.79 Å². The van der Waals surface area contributed by atoms with Gasteiger partial charge in [0.25, 0.3) is 0 Å². The fourth-order valence-corrected chi connectivity index (χ4v) is 3.39. The molecule has 18 heavy (non-hydrogen) atoms. The van der Waals surface area contributed by atoms with Crippen LogP contribution in [-0.4, -0.2) is 16.3 Å². The number of alkyl halides is 3. The Morgan fingerprint density at radius 3 is 2.33 bits per heavy atom. The lowest BCUT2D eigenvalue weighted by atomic mass is 10.0. The van der Waals surface area contributed by atoms with Crippen molar-refractivity contribution in [3.63, 3.8) is 0 Å². The molecule has 0 saturated carbocycles. The van der Waals surface area contributed by atoms with E-state index in [1.807, 2.05) is 6.92 Å².